The van der Waals surface area contributed by atoms with Gasteiger partial charge in [-0.05, 0) is 46.5 Å². The van der Waals surface area contributed by atoms with Crippen LogP contribution in [0.5, 0.6) is 0 Å². The molecule has 0 unspecified atom stereocenters. The molecule has 0 aliphatic heterocycles. The van der Waals surface area contributed by atoms with E-state index in [1.165, 1.54) is 27.5 Å². The summed E-state index contributed by atoms with van der Waals surface area (Å²) in [6, 6.07) is 16.9. The molecule has 1 heteroatoms. The molecule has 0 aliphatic carbocycles. The predicted octanol–water partition coefficient (Wildman–Crippen LogP) is 4.71. The van der Waals surface area contributed by atoms with Crippen LogP contribution in [0.25, 0.3) is 22.9 Å². The van der Waals surface area contributed by atoms with Crippen LogP contribution in [0.15, 0.2) is 60.9 Å². The van der Waals surface area contributed by atoms with Gasteiger partial charge in [-0.15, -0.1) is 0 Å². The van der Waals surface area contributed by atoms with E-state index >= 15 is 0 Å². The molecule has 0 saturated carbocycles. The summed E-state index contributed by atoms with van der Waals surface area (Å²) in [6.45, 7) is 2.15. The third-order valence-electron chi connectivity index (χ3n) is 3.34. The van der Waals surface area contributed by atoms with Crippen molar-refractivity contribution >= 4 is 22.9 Å². The Morgan fingerprint density at radius 2 is 1.53 bits per heavy atom. The number of pyridine rings is 1. The lowest BCUT2D eigenvalue weighted by Gasteiger charge is -2.05. The Bertz CT molecular complexity index is 727. The van der Waals surface area contributed by atoms with Gasteiger partial charge in [0.05, 0.1) is 0 Å². The average molecular weight is 245 g/mol. The van der Waals surface area contributed by atoms with E-state index in [2.05, 4.69) is 60.5 Å². The fourth-order valence-electron chi connectivity index (χ4n) is 2.28. The lowest BCUT2D eigenvalue weighted by molar-refractivity contribution is 1.32. The van der Waals surface area contributed by atoms with Crippen molar-refractivity contribution in [3.63, 3.8) is 0 Å². The minimum Gasteiger partial charge on any atom is -0.265 e. The summed E-state index contributed by atoms with van der Waals surface area (Å²) in [5.74, 6) is 0. The largest absolute Gasteiger partial charge is 0.265 e. The van der Waals surface area contributed by atoms with Gasteiger partial charge in [-0.3, -0.25) is 4.98 Å². The minimum atomic E-state index is 1.17. The molecule has 0 atom stereocenters. The fraction of sp³-hybridized carbons (Fsp3) is 0.0556. The molecule has 19 heavy (non-hydrogen) atoms. The van der Waals surface area contributed by atoms with Crippen molar-refractivity contribution < 1.29 is 0 Å². The van der Waals surface area contributed by atoms with E-state index < -0.39 is 0 Å². The van der Waals surface area contributed by atoms with Gasteiger partial charge in [0.25, 0.3) is 0 Å². The number of hydrogen-bond acceptors (Lipinski definition) is 1. The van der Waals surface area contributed by atoms with E-state index in [0.29, 0.717) is 0 Å². The van der Waals surface area contributed by atoms with Gasteiger partial charge in [0.1, 0.15) is 0 Å². The van der Waals surface area contributed by atoms with Crippen molar-refractivity contribution in [1.29, 1.82) is 0 Å². The number of aromatic nitrogens is 1. The van der Waals surface area contributed by atoms with Crippen LogP contribution in [0.2, 0.25) is 0 Å². The second kappa shape index (κ2) is 5.07. The zero-order valence-corrected chi connectivity index (χ0v) is 10.9. The number of benzene rings is 2. The summed E-state index contributed by atoms with van der Waals surface area (Å²) >= 11 is 0. The molecule has 0 saturated heterocycles. The third-order valence-corrected chi connectivity index (χ3v) is 3.34. The molecule has 0 aliphatic rings. The maximum Gasteiger partial charge on any atom is 0.0273 e. The summed E-state index contributed by atoms with van der Waals surface area (Å²) in [4.78, 5) is 4.03. The molecule has 1 heterocycles. The van der Waals surface area contributed by atoms with E-state index in [4.69, 9.17) is 0 Å². The Hall–Kier alpha value is -2.41. The second-order valence-electron chi connectivity index (χ2n) is 4.63. The van der Waals surface area contributed by atoms with Gasteiger partial charge < -0.3 is 0 Å². The number of aryl methyl sites for hydroxylation is 1. The summed E-state index contributed by atoms with van der Waals surface area (Å²) in [5.41, 5.74) is 3.73. The van der Waals surface area contributed by atoms with Crippen molar-refractivity contribution in [2.24, 2.45) is 0 Å². The highest BCUT2D eigenvalue weighted by atomic mass is 14.6. The van der Waals surface area contributed by atoms with Crippen LogP contribution in [0.4, 0.5) is 0 Å². The van der Waals surface area contributed by atoms with E-state index in [-0.39, 0.29) is 0 Å². The lowest BCUT2D eigenvalue weighted by atomic mass is 10.00. The second-order valence-corrected chi connectivity index (χ2v) is 4.63. The molecule has 92 valence electrons. The lowest BCUT2D eigenvalue weighted by Crippen LogP contribution is -1.82. The van der Waals surface area contributed by atoms with Gasteiger partial charge in [0.15, 0.2) is 0 Å². The van der Waals surface area contributed by atoms with Crippen molar-refractivity contribution in [3.05, 3.63) is 77.6 Å². The monoisotopic (exact) mass is 245 g/mol. The Morgan fingerprint density at radius 1 is 0.789 bits per heavy atom. The van der Waals surface area contributed by atoms with Crippen LogP contribution in [-0.4, -0.2) is 4.98 Å². The summed E-state index contributed by atoms with van der Waals surface area (Å²) in [6.07, 6.45) is 7.91. The minimum absolute atomic E-state index is 1.17. The molecular formula is C18H15N. The average Bonchev–Trinajstić information content (AvgIpc) is 2.48. The van der Waals surface area contributed by atoms with Crippen molar-refractivity contribution in [1.82, 2.24) is 4.98 Å². The number of nitrogens with zero attached hydrogens (tertiary/aromatic N) is 1. The SMILES string of the molecule is Cc1ccc(/C=C/c2ccncc2)c2ccccc12. The maximum absolute atomic E-state index is 4.03. The number of fused-ring (bicyclic) bond motifs is 1. The van der Waals surface area contributed by atoms with Crippen molar-refractivity contribution in [2.45, 2.75) is 6.92 Å². The van der Waals surface area contributed by atoms with Crippen LogP contribution in [-0.2, 0) is 0 Å². The molecule has 0 N–H and O–H groups in total. The van der Waals surface area contributed by atoms with Gasteiger partial charge in [-0.1, -0.05) is 48.6 Å². The molecule has 2 aromatic carbocycles. The zero-order chi connectivity index (χ0) is 13.1. The first-order chi connectivity index (χ1) is 9.34. The van der Waals surface area contributed by atoms with Gasteiger partial charge in [0.2, 0.25) is 0 Å². The normalized spacial score (nSPS) is 11.2. The molecule has 1 aromatic heterocycles. The quantitative estimate of drug-likeness (QED) is 0.637. The highest BCUT2D eigenvalue weighted by Crippen LogP contribution is 2.23. The highest BCUT2D eigenvalue weighted by molar-refractivity contribution is 5.94. The van der Waals surface area contributed by atoms with E-state index in [0.717, 1.165) is 0 Å². The summed E-state index contributed by atoms with van der Waals surface area (Å²) in [7, 11) is 0. The maximum atomic E-state index is 4.03. The standard InChI is InChI=1S/C18H15N/c1-14-6-8-16(18-5-3-2-4-17(14)18)9-7-15-10-12-19-13-11-15/h2-13H,1H3/b9-7+. The Balaban J connectivity index is 2.07. The van der Waals surface area contributed by atoms with Crippen molar-refractivity contribution in [3.8, 4) is 0 Å². The summed E-state index contributed by atoms with van der Waals surface area (Å²) in [5, 5.41) is 2.62. The molecule has 0 amide bonds. The molecule has 3 aromatic rings. The Labute approximate surface area is 113 Å². The van der Waals surface area contributed by atoms with E-state index in [1.54, 1.807) is 0 Å². The predicted molar refractivity (Wildman–Crippen MR) is 81.9 cm³/mol. The Morgan fingerprint density at radius 3 is 2.32 bits per heavy atom. The molecular weight excluding hydrogens is 230 g/mol. The van der Waals surface area contributed by atoms with Crippen LogP contribution < -0.4 is 0 Å². The van der Waals surface area contributed by atoms with Gasteiger partial charge in [-0.2, -0.15) is 0 Å². The van der Waals surface area contributed by atoms with Crippen molar-refractivity contribution in [2.75, 3.05) is 0 Å². The number of rotatable bonds is 2. The molecule has 0 spiro atoms. The molecule has 1 nitrogen and oxygen atoms in total. The summed E-state index contributed by atoms with van der Waals surface area (Å²) < 4.78 is 0. The highest BCUT2D eigenvalue weighted by Gasteiger charge is 2.00. The molecule has 0 bridgehead atoms. The van der Waals surface area contributed by atoms with Gasteiger partial charge in [0, 0.05) is 12.4 Å². The number of hydrogen-bond donors (Lipinski definition) is 0. The van der Waals surface area contributed by atoms with Crippen LogP contribution in [0.3, 0.4) is 0 Å². The van der Waals surface area contributed by atoms with Gasteiger partial charge in [-0.25, -0.2) is 0 Å². The third kappa shape index (κ3) is 2.41. The fourth-order valence-corrected chi connectivity index (χ4v) is 2.28. The van der Waals surface area contributed by atoms with Crippen LogP contribution >= 0.6 is 0 Å². The molecule has 3 rings (SSSR count). The van der Waals surface area contributed by atoms with E-state index in [9.17, 15) is 0 Å². The molecule has 0 radical (unpaired) electrons. The first-order valence-electron chi connectivity index (χ1n) is 6.41. The Kier molecular flexibility index (Phi) is 3.11. The van der Waals surface area contributed by atoms with E-state index in [1.807, 2.05) is 24.5 Å². The van der Waals surface area contributed by atoms with Crippen LogP contribution in [0.1, 0.15) is 16.7 Å². The first-order valence-corrected chi connectivity index (χ1v) is 6.41. The van der Waals surface area contributed by atoms with Gasteiger partial charge >= 0.3 is 0 Å². The molecule has 0 fully saturated rings. The zero-order valence-electron chi connectivity index (χ0n) is 10.9. The smallest absolute Gasteiger partial charge is 0.0273 e. The van der Waals surface area contributed by atoms with Crippen LogP contribution in [0, 0.1) is 6.92 Å². The topological polar surface area (TPSA) is 12.9 Å². The first kappa shape index (κ1) is 11.7.